The predicted molar refractivity (Wildman–Crippen MR) is 109 cm³/mol. The van der Waals surface area contributed by atoms with Gasteiger partial charge in [-0.25, -0.2) is 4.99 Å². The smallest absolute Gasteiger partial charge is 0.387 e. The number of nitrogens with zero attached hydrogens (tertiary/aromatic N) is 1. The summed E-state index contributed by atoms with van der Waals surface area (Å²) in [7, 11) is 3.15. The van der Waals surface area contributed by atoms with Crippen LogP contribution in [-0.4, -0.2) is 39.9 Å². The number of benzene rings is 2. The van der Waals surface area contributed by atoms with Crippen LogP contribution in [0.15, 0.2) is 47.5 Å². The van der Waals surface area contributed by atoms with Gasteiger partial charge in [0.2, 0.25) is 0 Å². The van der Waals surface area contributed by atoms with Gasteiger partial charge in [0.25, 0.3) is 0 Å². The lowest BCUT2D eigenvalue weighted by Crippen LogP contribution is -2.38. The van der Waals surface area contributed by atoms with Gasteiger partial charge in [-0.05, 0) is 49.2 Å². The van der Waals surface area contributed by atoms with Crippen molar-refractivity contribution in [1.29, 1.82) is 0 Å². The number of alkyl halides is 2. The highest BCUT2D eigenvalue weighted by atomic mass is 19.3. The molecule has 2 rings (SSSR count). The number of aliphatic imine (C=N–C) groups is 1. The van der Waals surface area contributed by atoms with Gasteiger partial charge in [0.15, 0.2) is 5.96 Å². The Morgan fingerprint density at radius 3 is 2.31 bits per heavy atom. The molecule has 0 aliphatic carbocycles. The van der Waals surface area contributed by atoms with Crippen molar-refractivity contribution in [2.75, 3.05) is 27.3 Å². The van der Waals surface area contributed by atoms with Gasteiger partial charge in [0, 0.05) is 18.7 Å². The Morgan fingerprint density at radius 2 is 1.69 bits per heavy atom. The van der Waals surface area contributed by atoms with Gasteiger partial charge in [-0.3, -0.25) is 0 Å². The molecule has 0 aliphatic heterocycles. The van der Waals surface area contributed by atoms with E-state index in [4.69, 9.17) is 9.47 Å². The van der Waals surface area contributed by atoms with Crippen LogP contribution in [0.25, 0.3) is 0 Å². The number of ether oxygens (including phenoxy) is 3. The van der Waals surface area contributed by atoms with E-state index in [1.807, 2.05) is 31.2 Å². The summed E-state index contributed by atoms with van der Waals surface area (Å²) in [6.07, 6.45) is 0.799. The second-order valence-electron chi connectivity index (χ2n) is 6.07. The van der Waals surface area contributed by atoms with Crippen molar-refractivity contribution < 1.29 is 23.0 Å². The molecule has 2 aromatic carbocycles. The van der Waals surface area contributed by atoms with E-state index in [-0.39, 0.29) is 12.3 Å². The van der Waals surface area contributed by atoms with Gasteiger partial charge in [-0.1, -0.05) is 12.1 Å². The minimum absolute atomic E-state index is 0.0821. The van der Waals surface area contributed by atoms with Crippen LogP contribution in [0.5, 0.6) is 17.2 Å². The van der Waals surface area contributed by atoms with Gasteiger partial charge in [0.05, 0.1) is 20.8 Å². The molecule has 0 fully saturated rings. The van der Waals surface area contributed by atoms with E-state index in [1.54, 1.807) is 19.2 Å². The van der Waals surface area contributed by atoms with Crippen molar-refractivity contribution in [2.24, 2.45) is 4.99 Å². The predicted octanol–water partition coefficient (Wildman–Crippen LogP) is 3.60. The molecule has 0 unspecified atom stereocenters. The minimum atomic E-state index is -2.90. The van der Waals surface area contributed by atoms with Crippen molar-refractivity contribution in [3.63, 3.8) is 0 Å². The maximum Gasteiger partial charge on any atom is 0.387 e. The van der Waals surface area contributed by atoms with Crippen molar-refractivity contribution >= 4 is 5.96 Å². The molecule has 6 nitrogen and oxygen atoms in total. The summed E-state index contributed by atoms with van der Waals surface area (Å²) in [6, 6.07) is 12.5. The van der Waals surface area contributed by atoms with Crippen molar-refractivity contribution in [2.45, 2.75) is 26.5 Å². The number of methoxy groups -OCH3 is 2. The molecule has 2 N–H and O–H groups in total. The standard InChI is InChI=1S/C21H27F2N3O3/c1-4-24-21(25-12-11-15-5-7-17(27-2)8-6-15)26-14-16-13-18(28-3)9-10-19(16)29-20(22)23/h5-10,13,20H,4,11-12,14H2,1-3H3,(H2,24,25,26). The summed E-state index contributed by atoms with van der Waals surface area (Å²) >= 11 is 0. The highest BCUT2D eigenvalue weighted by Gasteiger charge is 2.11. The second kappa shape index (κ2) is 11.7. The summed E-state index contributed by atoms with van der Waals surface area (Å²) in [4.78, 5) is 4.48. The molecule has 0 spiro atoms. The van der Waals surface area contributed by atoms with Crippen LogP contribution < -0.4 is 24.8 Å². The molecule has 0 bridgehead atoms. The fourth-order valence-corrected chi connectivity index (χ4v) is 2.64. The van der Waals surface area contributed by atoms with Gasteiger partial charge in [0.1, 0.15) is 17.2 Å². The van der Waals surface area contributed by atoms with Crippen molar-refractivity contribution in [3.8, 4) is 17.2 Å². The van der Waals surface area contributed by atoms with Crippen LogP contribution in [-0.2, 0) is 13.0 Å². The quantitative estimate of drug-likeness (QED) is 0.465. The topological polar surface area (TPSA) is 64.1 Å². The molecule has 0 heterocycles. The first-order chi connectivity index (χ1) is 14.0. The van der Waals surface area contributed by atoms with Gasteiger partial charge < -0.3 is 24.8 Å². The normalized spacial score (nSPS) is 11.3. The van der Waals surface area contributed by atoms with E-state index >= 15 is 0 Å². The molecular formula is C21H27F2N3O3. The summed E-state index contributed by atoms with van der Waals surface area (Å²) in [5, 5.41) is 6.39. The van der Waals surface area contributed by atoms with E-state index in [2.05, 4.69) is 20.4 Å². The van der Waals surface area contributed by atoms with E-state index in [0.29, 0.717) is 30.4 Å². The molecule has 158 valence electrons. The van der Waals surface area contributed by atoms with Crippen LogP contribution in [0.4, 0.5) is 8.78 Å². The fraction of sp³-hybridized carbons (Fsp3) is 0.381. The number of hydrogen-bond donors (Lipinski definition) is 2. The number of rotatable bonds is 10. The summed E-state index contributed by atoms with van der Waals surface area (Å²) < 4.78 is 40.2. The van der Waals surface area contributed by atoms with Crippen molar-refractivity contribution in [3.05, 3.63) is 53.6 Å². The Hall–Kier alpha value is -3.03. The van der Waals surface area contributed by atoms with Crippen LogP contribution in [0.1, 0.15) is 18.1 Å². The molecule has 2 aromatic rings. The first-order valence-electron chi connectivity index (χ1n) is 9.32. The fourth-order valence-electron chi connectivity index (χ4n) is 2.64. The third-order valence-electron chi connectivity index (χ3n) is 4.10. The lowest BCUT2D eigenvalue weighted by atomic mass is 10.1. The number of hydrogen-bond acceptors (Lipinski definition) is 4. The molecule has 0 radical (unpaired) electrons. The van der Waals surface area contributed by atoms with E-state index in [1.165, 1.54) is 13.2 Å². The monoisotopic (exact) mass is 407 g/mol. The third kappa shape index (κ3) is 7.48. The molecule has 0 atom stereocenters. The second-order valence-corrected chi connectivity index (χ2v) is 6.07. The lowest BCUT2D eigenvalue weighted by Gasteiger charge is -2.14. The Balaban J connectivity index is 2.02. The average Bonchev–Trinajstić information content (AvgIpc) is 2.73. The largest absolute Gasteiger partial charge is 0.497 e. The highest BCUT2D eigenvalue weighted by molar-refractivity contribution is 5.79. The number of guanidine groups is 1. The molecule has 0 aromatic heterocycles. The van der Waals surface area contributed by atoms with Crippen LogP contribution >= 0.6 is 0 Å². The lowest BCUT2D eigenvalue weighted by molar-refractivity contribution is -0.0504. The molecule has 0 amide bonds. The Kier molecular flexibility index (Phi) is 9.01. The molecule has 0 saturated carbocycles. The molecular weight excluding hydrogens is 380 g/mol. The van der Waals surface area contributed by atoms with Gasteiger partial charge in [-0.2, -0.15) is 8.78 Å². The molecule has 0 saturated heterocycles. The molecule has 29 heavy (non-hydrogen) atoms. The zero-order chi connectivity index (χ0) is 21.1. The van der Waals surface area contributed by atoms with Crippen LogP contribution in [0.3, 0.4) is 0 Å². The van der Waals surface area contributed by atoms with Crippen LogP contribution in [0.2, 0.25) is 0 Å². The Labute approximate surface area is 169 Å². The zero-order valence-electron chi connectivity index (χ0n) is 16.9. The van der Waals surface area contributed by atoms with Gasteiger partial charge >= 0.3 is 6.61 Å². The third-order valence-corrected chi connectivity index (χ3v) is 4.10. The summed E-state index contributed by atoms with van der Waals surface area (Å²) in [5.41, 5.74) is 1.67. The molecule has 0 aliphatic rings. The van der Waals surface area contributed by atoms with Gasteiger partial charge in [-0.15, -0.1) is 0 Å². The number of halogens is 2. The van der Waals surface area contributed by atoms with E-state index in [9.17, 15) is 8.78 Å². The zero-order valence-corrected chi connectivity index (χ0v) is 16.9. The maximum absolute atomic E-state index is 12.7. The Bertz CT molecular complexity index is 783. The summed E-state index contributed by atoms with van der Waals surface area (Å²) in [5.74, 6) is 2.04. The van der Waals surface area contributed by atoms with Crippen molar-refractivity contribution in [1.82, 2.24) is 10.6 Å². The minimum Gasteiger partial charge on any atom is -0.497 e. The number of nitrogens with one attached hydrogen (secondary N) is 2. The van der Waals surface area contributed by atoms with Crippen LogP contribution in [0, 0.1) is 0 Å². The Morgan fingerprint density at radius 1 is 1.00 bits per heavy atom. The maximum atomic E-state index is 12.7. The SMILES string of the molecule is CCNC(=NCc1cc(OC)ccc1OC(F)F)NCCc1ccc(OC)cc1. The molecule has 8 heteroatoms. The summed E-state index contributed by atoms with van der Waals surface area (Å²) in [6.45, 7) is 0.556. The first kappa shape index (κ1) is 22.3. The van der Waals surface area contributed by atoms with E-state index < -0.39 is 6.61 Å². The average molecular weight is 407 g/mol. The highest BCUT2D eigenvalue weighted by Crippen LogP contribution is 2.26. The first-order valence-corrected chi connectivity index (χ1v) is 9.32. The van der Waals surface area contributed by atoms with E-state index in [0.717, 1.165) is 17.7 Å².